The van der Waals surface area contributed by atoms with Crippen molar-refractivity contribution >= 4 is 46.5 Å². The van der Waals surface area contributed by atoms with E-state index in [9.17, 15) is 24.4 Å². The Kier molecular flexibility index (Phi) is 7.22. The van der Waals surface area contributed by atoms with Crippen LogP contribution in [0.15, 0.2) is 35.7 Å². The number of hydrogen-bond donors (Lipinski definition) is 4. The fraction of sp³-hybridized carbons (Fsp3) is 0.286. The van der Waals surface area contributed by atoms with Crippen LogP contribution in [0.4, 0.5) is 17.5 Å². The first-order valence-corrected chi connectivity index (χ1v) is 10.4. The molecule has 0 aliphatic carbocycles. The number of hydrogen-bond acceptors (Lipinski definition) is 12. The first-order valence-electron chi connectivity index (χ1n) is 10.4. The number of benzene rings is 1. The molecule has 1 aromatic carbocycles. The molecule has 1 amide bonds. The maximum atomic E-state index is 12.9. The molecule has 0 bridgehead atoms. The van der Waals surface area contributed by atoms with Crippen LogP contribution in [0.1, 0.15) is 35.8 Å². The van der Waals surface area contributed by atoms with Gasteiger partial charge in [-0.1, -0.05) is 0 Å². The SMILES string of the molecule is CN(Cc1cnc2nc(N)nc(N)c2n1)c1ccc(C(=O)N(N=O)[C@@](C)(CCC(=O)O)C(=O)O)cc1. The fourth-order valence-electron chi connectivity index (χ4n) is 3.38. The van der Waals surface area contributed by atoms with Crippen LogP contribution in [0, 0.1) is 4.91 Å². The van der Waals surface area contributed by atoms with Gasteiger partial charge >= 0.3 is 11.9 Å². The molecular weight excluding hydrogens is 474 g/mol. The van der Waals surface area contributed by atoms with Crippen molar-refractivity contribution in [1.82, 2.24) is 24.9 Å². The van der Waals surface area contributed by atoms with Crippen LogP contribution in [0.5, 0.6) is 0 Å². The molecule has 0 unspecified atom stereocenters. The number of rotatable bonds is 10. The molecule has 6 N–H and O–H groups in total. The molecule has 2 aromatic heterocycles. The zero-order valence-corrected chi connectivity index (χ0v) is 19.3. The molecule has 0 saturated heterocycles. The lowest BCUT2D eigenvalue weighted by atomic mass is 9.94. The summed E-state index contributed by atoms with van der Waals surface area (Å²) in [5.41, 5.74) is 11.0. The number of anilines is 3. The minimum absolute atomic E-state index is 0.0114. The van der Waals surface area contributed by atoms with Gasteiger partial charge in [0.05, 0.1) is 23.7 Å². The van der Waals surface area contributed by atoms with E-state index < -0.39 is 36.2 Å². The van der Waals surface area contributed by atoms with E-state index in [1.165, 1.54) is 18.3 Å². The van der Waals surface area contributed by atoms with Gasteiger partial charge in [0.25, 0.3) is 5.91 Å². The van der Waals surface area contributed by atoms with Gasteiger partial charge in [-0.2, -0.15) is 15.0 Å². The normalized spacial score (nSPS) is 12.5. The van der Waals surface area contributed by atoms with E-state index in [1.54, 1.807) is 24.1 Å². The Hall–Kier alpha value is -4.95. The summed E-state index contributed by atoms with van der Waals surface area (Å²) in [6.07, 6.45) is 0.430. The second-order valence-corrected chi connectivity index (χ2v) is 8.07. The van der Waals surface area contributed by atoms with E-state index in [1.807, 2.05) is 0 Å². The van der Waals surface area contributed by atoms with Crippen molar-refractivity contribution in [3.05, 3.63) is 46.6 Å². The van der Waals surface area contributed by atoms with Crippen LogP contribution in [0.25, 0.3) is 11.2 Å². The molecule has 15 heteroatoms. The number of carbonyl (C=O) groups excluding carboxylic acids is 1. The highest BCUT2D eigenvalue weighted by Crippen LogP contribution is 2.26. The maximum Gasteiger partial charge on any atom is 0.331 e. The first kappa shape index (κ1) is 25.7. The Balaban J connectivity index is 1.79. The second kappa shape index (κ2) is 10.1. The molecule has 0 aliphatic rings. The molecule has 2 heterocycles. The number of carboxylic acid groups (broad SMARTS) is 2. The third-order valence-corrected chi connectivity index (χ3v) is 5.48. The predicted molar refractivity (Wildman–Crippen MR) is 127 cm³/mol. The van der Waals surface area contributed by atoms with Crippen LogP contribution in [0.3, 0.4) is 0 Å². The molecule has 0 saturated carbocycles. The Bertz CT molecular complexity index is 1330. The Morgan fingerprint density at radius 1 is 1.08 bits per heavy atom. The van der Waals surface area contributed by atoms with Crippen molar-refractivity contribution < 1.29 is 24.6 Å². The minimum Gasteiger partial charge on any atom is -0.481 e. The van der Waals surface area contributed by atoms with Gasteiger partial charge in [0.2, 0.25) is 5.95 Å². The lowest BCUT2D eigenvalue weighted by Crippen LogP contribution is -2.52. The molecule has 0 fully saturated rings. The van der Waals surface area contributed by atoms with E-state index in [-0.39, 0.29) is 28.0 Å². The Labute approximate surface area is 203 Å². The number of aliphatic carboxylic acids is 2. The number of nitroso groups, excluding NO2 is 1. The zero-order chi connectivity index (χ0) is 26.6. The topological polar surface area (TPSA) is 231 Å². The highest BCUT2D eigenvalue weighted by molar-refractivity contribution is 5.98. The zero-order valence-electron chi connectivity index (χ0n) is 19.3. The smallest absolute Gasteiger partial charge is 0.331 e. The quantitative estimate of drug-likeness (QED) is 0.227. The summed E-state index contributed by atoms with van der Waals surface area (Å²) in [5.74, 6) is -3.73. The summed E-state index contributed by atoms with van der Waals surface area (Å²) in [4.78, 5) is 65.3. The van der Waals surface area contributed by atoms with Crippen molar-refractivity contribution in [2.75, 3.05) is 23.4 Å². The number of aromatic nitrogens is 4. The molecule has 3 rings (SSSR count). The van der Waals surface area contributed by atoms with E-state index in [0.29, 0.717) is 23.4 Å². The van der Waals surface area contributed by atoms with Crippen molar-refractivity contribution in [2.45, 2.75) is 31.8 Å². The van der Waals surface area contributed by atoms with Gasteiger partial charge in [0, 0.05) is 24.7 Å². The summed E-state index contributed by atoms with van der Waals surface area (Å²) in [6, 6.07) is 5.95. The monoisotopic (exact) mass is 497 g/mol. The average molecular weight is 497 g/mol. The molecular formula is C21H23N9O6. The number of carboxylic acids is 2. The van der Waals surface area contributed by atoms with Gasteiger partial charge in [-0.15, -0.1) is 4.91 Å². The third kappa shape index (κ3) is 5.24. The number of fused-ring (bicyclic) bond motifs is 1. The van der Waals surface area contributed by atoms with E-state index >= 15 is 0 Å². The van der Waals surface area contributed by atoms with Crippen LogP contribution >= 0.6 is 0 Å². The van der Waals surface area contributed by atoms with E-state index in [2.05, 4.69) is 25.2 Å². The number of amides is 1. The fourth-order valence-corrected chi connectivity index (χ4v) is 3.38. The van der Waals surface area contributed by atoms with E-state index in [0.717, 1.165) is 6.92 Å². The highest BCUT2D eigenvalue weighted by atomic mass is 16.4. The minimum atomic E-state index is -2.14. The van der Waals surface area contributed by atoms with Gasteiger partial charge in [0.15, 0.2) is 22.5 Å². The van der Waals surface area contributed by atoms with Gasteiger partial charge in [0.1, 0.15) is 0 Å². The van der Waals surface area contributed by atoms with Crippen molar-refractivity contribution in [3.63, 3.8) is 0 Å². The van der Waals surface area contributed by atoms with Gasteiger partial charge in [-0.3, -0.25) is 9.59 Å². The summed E-state index contributed by atoms with van der Waals surface area (Å²) in [6.45, 7) is 1.37. The number of nitrogens with zero attached hydrogens (tertiary/aromatic N) is 7. The van der Waals surface area contributed by atoms with Gasteiger partial charge < -0.3 is 26.6 Å². The largest absolute Gasteiger partial charge is 0.481 e. The van der Waals surface area contributed by atoms with Crippen LogP contribution in [0.2, 0.25) is 0 Å². The van der Waals surface area contributed by atoms with Crippen molar-refractivity contribution in [1.29, 1.82) is 0 Å². The Morgan fingerprint density at radius 3 is 2.33 bits per heavy atom. The summed E-state index contributed by atoms with van der Waals surface area (Å²) >= 11 is 0. The first-order chi connectivity index (χ1) is 17.0. The average Bonchev–Trinajstić information content (AvgIpc) is 2.83. The standard InChI is InChI=1S/C21H23N9O6/c1-21(19(34)35,8-7-14(31)32)30(28-36)18(33)11-3-5-13(6-4-11)29(2)10-12-9-24-17-15(25-12)16(22)26-20(23)27-17/h3-6,9H,7-8,10H2,1-2H3,(H,31,32)(H,34,35)(H4,22,23,24,26,27)/t21-/m0/s1. The Morgan fingerprint density at radius 2 is 1.75 bits per heavy atom. The van der Waals surface area contributed by atoms with Gasteiger partial charge in [-0.05, 0) is 37.6 Å². The summed E-state index contributed by atoms with van der Waals surface area (Å²) < 4.78 is 0. The molecule has 0 radical (unpaired) electrons. The molecule has 1 atom stereocenters. The molecule has 0 spiro atoms. The number of nitrogen functional groups attached to an aromatic ring is 2. The second-order valence-electron chi connectivity index (χ2n) is 8.07. The van der Waals surface area contributed by atoms with Crippen LogP contribution in [-0.4, -0.2) is 65.6 Å². The van der Waals surface area contributed by atoms with E-state index in [4.69, 9.17) is 16.6 Å². The highest BCUT2D eigenvalue weighted by Gasteiger charge is 2.44. The lowest BCUT2D eigenvalue weighted by Gasteiger charge is -2.31. The van der Waals surface area contributed by atoms with Crippen molar-refractivity contribution in [3.8, 4) is 0 Å². The third-order valence-electron chi connectivity index (χ3n) is 5.48. The summed E-state index contributed by atoms with van der Waals surface area (Å²) in [5, 5.41) is 21.3. The number of nitrogens with two attached hydrogens (primary N) is 2. The van der Waals surface area contributed by atoms with Gasteiger partial charge in [-0.25, -0.2) is 14.8 Å². The number of carbonyl (C=O) groups is 3. The van der Waals surface area contributed by atoms with Crippen molar-refractivity contribution in [2.24, 2.45) is 5.29 Å². The molecule has 15 nitrogen and oxygen atoms in total. The van der Waals surface area contributed by atoms with Crippen LogP contribution in [-0.2, 0) is 16.1 Å². The molecule has 3 aromatic rings. The van der Waals surface area contributed by atoms with Crippen LogP contribution < -0.4 is 16.4 Å². The molecule has 188 valence electrons. The molecule has 36 heavy (non-hydrogen) atoms. The summed E-state index contributed by atoms with van der Waals surface area (Å²) in [7, 11) is 1.76. The maximum absolute atomic E-state index is 12.9. The lowest BCUT2D eigenvalue weighted by molar-refractivity contribution is -0.150. The molecule has 0 aliphatic heterocycles. The predicted octanol–water partition coefficient (Wildman–Crippen LogP) is 1.05.